The lowest BCUT2D eigenvalue weighted by Crippen LogP contribution is -2.13. The highest BCUT2D eigenvalue weighted by Crippen LogP contribution is 2.13. The average Bonchev–Trinajstić information content (AvgIpc) is 2.43. The molecule has 1 aromatic carbocycles. The molecule has 0 aliphatic carbocycles. The van der Waals surface area contributed by atoms with Gasteiger partial charge in [-0.25, -0.2) is 9.37 Å². The summed E-state index contributed by atoms with van der Waals surface area (Å²) in [7, 11) is 0. The van der Waals surface area contributed by atoms with Gasteiger partial charge in [0.05, 0.1) is 6.61 Å². The Labute approximate surface area is 116 Å². The maximum absolute atomic E-state index is 13.2. The third-order valence-corrected chi connectivity index (χ3v) is 3.10. The van der Waals surface area contributed by atoms with E-state index in [1.165, 1.54) is 6.07 Å². The van der Waals surface area contributed by atoms with Gasteiger partial charge in [0.2, 0.25) is 0 Å². The fourth-order valence-corrected chi connectivity index (χ4v) is 1.94. The first-order valence-corrected chi connectivity index (χ1v) is 6.27. The van der Waals surface area contributed by atoms with Crippen molar-refractivity contribution in [2.24, 2.45) is 0 Å². The molecule has 0 spiro atoms. The number of hydrogen-bond donors (Lipinski definition) is 2. The first-order chi connectivity index (χ1) is 9.20. The van der Waals surface area contributed by atoms with Gasteiger partial charge in [-0.3, -0.25) is 0 Å². The van der Waals surface area contributed by atoms with E-state index < -0.39 is 0 Å². The summed E-state index contributed by atoms with van der Waals surface area (Å²) in [6.45, 7) is 0.852. The van der Waals surface area contributed by atoms with Crippen LogP contribution in [0, 0.1) is 5.82 Å². The molecule has 19 heavy (non-hydrogen) atoms. The summed E-state index contributed by atoms with van der Waals surface area (Å²) >= 11 is 5.94. The molecule has 2 aromatic rings. The van der Waals surface area contributed by atoms with Gasteiger partial charge in [0, 0.05) is 30.4 Å². The Hall–Kier alpha value is -1.49. The van der Waals surface area contributed by atoms with Crippen molar-refractivity contribution >= 4 is 11.6 Å². The van der Waals surface area contributed by atoms with E-state index in [1.807, 2.05) is 12.1 Å². The highest BCUT2D eigenvalue weighted by atomic mass is 35.5. The number of aromatic nitrogens is 1. The molecule has 0 amide bonds. The van der Waals surface area contributed by atoms with Gasteiger partial charge in [-0.2, -0.15) is 0 Å². The van der Waals surface area contributed by atoms with Crippen LogP contribution in [0.15, 0.2) is 36.5 Å². The molecule has 1 heterocycles. The van der Waals surface area contributed by atoms with E-state index in [1.54, 1.807) is 18.3 Å². The monoisotopic (exact) mass is 280 g/mol. The van der Waals surface area contributed by atoms with Crippen LogP contribution in [0.2, 0.25) is 5.15 Å². The molecule has 0 bridgehead atoms. The Balaban J connectivity index is 1.94. The van der Waals surface area contributed by atoms with E-state index in [2.05, 4.69) is 10.3 Å². The van der Waals surface area contributed by atoms with E-state index in [-0.39, 0.29) is 12.4 Å². The Morgan fingerprint density at radius 1 is 1.21 bits per heavy atom. The normalized spacial score (nSPS) is 10.7. The van der Waals surface area contributed by atoms with Crippen molar-refractivity contribution in [3.05, 3.63) is 64.2 Å². The predicted molar refractivity (Wildman–Crippen MR) is 72.1 cm³/mol. The average molecular weight is 281 g/mol. The van der Waals surface area contributed by atoms with Gasteiger partial charge in [0.25, 0.3) is 0 Å². The number of nitrogens with zero attached hydrogens (tertiary/aromatic N) is 1. The fourth-order valence-electron chi connectivity index (χ4n) is 1.75. The molecule has 0 aliphatic heterocycles. The van der Waals surface area contributed by atoms with Crippen LogP contribution in [0.4, 0.5) is 4.39 Å². The first kappa shape index (κ1) is 13.9. The maximum Gasteiger partial charge on any atom is 0.133 e. The molecule has 0 saturated carbocycles. The van der Waals surface area contributed by atoms with Crippen molar-refractivity contribution in [2.75, 3.05) is 0 Å². The van der Waals surface area contributed by atoms with E-state index in [0.29, 0.717) is 23.8 Å². The van der Waals surface area contributed by atoms with Crippen molar-refractivity contribution in [2.45, 2.75) is 19.7 Å². The van der Waals surface area contributed by atoms with Crippen molar-refractivity contribution < 1.29 is 9.50 Å². The van der Waals surface area contributed by atoms with Crippen LogP contribution < -0.4 is 5.32 Å². The van der Waals surface area contributed by atoms with Gasteiger partial charge in [-0.05, 0) is 23.8 Å². The summed E-state index contributed by atoms with van der Waals surface area (Å²) in [4.78, 5) is 3.99. The van der Waals surface area contributed by atoms with Gasteiger partial charge in [-0.1, -0.05) is 23.7 Å². The van der Waals surface area contributed by atoms with Crippen molar-refractivity contribution in [3.8, 4) is 0 Å². The van der Waals surface area contributed by atoms with E-state index in [9.17, 15) is 4.39 Å². The number of nitrogens with one attached hydrogen (secondary N) is 1. The Morgan fingerprint density at radius 2 is 2.05 bits per heavy atom. The topological polar surface area (TPSA) is 45.1 Å². The quantitative estimate of drug-likeness (QED) is 0.828. The van der Waals surface area contributed by atoms with Crippen LogP contribution in [-0.4, -0.2) is 10.1 Å². The molecular weight excluding hydrogens is 267 g/mol. The lowest BCUT2D eigenvalue weighted by molar-refractivity contribution is 0.275. The van der Waals surface area contributed by atoms with Gasteiger partial charge in [-0.15, -0.1) is 0 Å². The molecule has 2 rings (SSSR count). The van der Waals surface area contributed by atoms with Crippen LogP contribution in [-0.2, 0) is 19.7 Å². The molecule has 5 heteroatoms. The van der Waals surface area contributed by atoms with Gasteiger partial charge < -0.3 is 10.4 Å². The number of halogens is 2. The van der Waals surface area contributed by atoms with E-state index >= 15 is 0 Å². The zero-order valence-electron chi connectivity index (χ0n) is 10.2. The number of benzene rings is 1. The molecule has 2 N–H and O–H groups in total. The highest BCUT2D eigenvalue weighted by Gasteiger charge is 2.03. The lowest BCUT2D eigenvalue weighted by atomic mass is 10.1. The Bertz CT molecular complexity index is 563. The molecular formula is C14H14ClFN2O. The number of rotatable bonds is 5. The zero-order valence-corrected chi connectivity index (χ0v) is 11.0. The van der Waals surface area contributed by atoms with E-state index in [0.717, 1.165) is 11.1 Å². The summed E-state index contributed by atoms with van der Waals surface area (Å²) in [6, 6.07) is 8.41. The molecule has 0 fully saturated rings. The summed E-state index contributed by atoms with van der Waals surface area (Å²) in [6.07, 6.45) is 1.64. The second-order valence-electron chi connectivity index (χ2n) is 4.14. The van der Waals surface area contributed by atoms with E-state index in [4.69, 9.17) is 16.7 Å². The van der Waals surface area contributed by atoms with Crippen LogP contribution in [0.3, 0.4) is 0 Å². The summed E-state index contributed by atoms with van der Waals surface area (Å²) in [5.74, 6) is -0.387. The molecule has 0 aliphatic rings. The molecule has 100 valence electrons. The number of hydrogen-bond acceptors (Lipinski definition) is 3. The van der Waals surface area contributed by atoms with Crippen molar-refractivity contribution in [1.29, 1.82) is 0 Å². The molecule has 0 atom stereocenters. The van der Waals surface area contributed by atoms with Crippen LogP contribution in [0.1, 0.15) is 16.7 Å². The summed E-state index contributed by atoms with van der Waals surface area (Å²) < 4.78 is 13.2. The van der Waals surface area contributed by atoms with Crippen LogP contribution >= 0.6 is 11.6 Å². The standard InChI is InChI=1S/C14H14ClFN2O/c15-14-11(2-1-5-18-14)8-17-7-10-3-4-13(16)12(6-10)9-19/h1-6,17,19H,7-9H2. The highest BCUT2D eigenvalue weighted by molar-refractivity contribution is 6.30. The largest absolute Gasteiger partial charge is 0.392 e. The predicted octanol–water partition coefficient (Wildman–Crippen LogP) is 2.66. The van der Waals surface area contributed by atoms with Crippen molar-refractivity contribution in [1.82, 2.24) is 10.3 Å². The van der Waals surface area contributed by atoms with Crippen LogP contribution in [0.5, 0.6) is 0 Å². The Kier molecular flexibility index (Phi) is 4.85. The lowest BCUT2D eigenvalue weighted by Gasteiger charge is -2.08. The maximum atomic E-state index is 13.2. The molecule has 0 saturated heterocycles. The second-order valence-corrected chi connectivity index (χ2v) is 4.50. The number of aliphatic hydroxyl groups is 1. The zero-order chi connectivity index (χ0) is 13.7. The Morgan fingerprint density at radius 3 is 2.79 bits per heavy atom. The van der Waals surface area contributed by atoms with Gasteiger partial charge in [0.15, 0.2) is 0 Å². The summed E-state index contributed by atoms with van der Waals surface area (Å²) in [5.41, 5.74) is 2.12. The number of pyridine rings is 1. The number of aliphatic hydroxyl groups excluding tert-OH is 1. The molecule has 0 unspecified atom stereocenters. The third-order valence-electron chi connectivity index (χ3n) is 2.76. The summed E-state index contributed by atoms with van der Waals surface area (Å²) in [5, 5.41) is 12.7. The van der Waals surface area contributed by atoms with Crippen molar-refractivity contribution in [3.63, 3.8) is 0 Å². The fraction of sp³-hybridized carbons (Fsp3) is 0.214. The minimum atomic E-state index is -0.387. The first-order valence-electron chi connectivity index (χ1n) is 5.89. The third kappa shape index (κ3) is 3.73. The smallest absolute Gasteiger partial charge is 0.133 e. The van der Waals surface area contributed by atoms with Gasteiger partial charge >= 0.3 is 0 Å². The minimum absolute atomic E-state index is 0.298. The van der Waals surface area contributed by atoms with Gasteiger partial charge in [0.1, 0.15) is 11.0 Å². The molecule has 0 radical (unpaired) electrons. The second kappa shape index (κ2) is 6.61. The molecule has 1 aromatic heterocycles. The molecule has 3 nitrogen and oxygen atoms in total. The van der Waals surface area contributed by atoms with Crippen LogP contribution in [0.25, 0.3) is 0 Å². The SMILES string of the molecule is OCc1cc(CNCc2cccnc2Cl)ccc1F. The minimum Gasteiger partial charge on any atom is -0.392 e.